The van der Waals surface area contributed by atoms with Crippen LogP contribution < -0.4 is 9.61 Å². The highest BCUT2D eigenvalue weighted by atomic mass is 32.2. The minimum atomic E-state index is -3.55. The van der Waals surface area contributed by atoms with Crippen molar-refractivity contribution < 1.29 is 13.3 Å². The molecule has 0 spiro atoms. The summed E-state index contributed by atoms with van der Waals surface area (Å²) in [5.74, 6) is 0. The number of rotatable bonds is 4. The van der Waals surface area contributed by atoms with Crippen LogP contribution in [-0.4, -0.2) is 20.1 Å². The van der Waals surface area contributed by atoms with Gasteiger partial charge in [-0.1, -0.05) is 17.7 Å². The maximum atomic E-state index is 11.5. The molecule has 0 heterocycles. The average Bonchev–Trinajstić information content (AvgIpc) is 2.47. The van der Waals surface area contributed by atoms with Crippen LogP contribution in [0.3, 0.4) is 0 Å². The highest BCUT2D eigenvalue weighted by Crippen LogP contribution is 2.20. The minimum absolute atomic E-state index is 0.0292. The molecule has 1 aliphatic rings. The smallest absolute Gasteiger partial charge is 0.283 e. The molecule has 1 aliphatic carbocycles. The van der Waals surface area contributed by atoms with Crippen molar-refractivity contribution in [3.05, 3.63) is 0 Å². The molecule has 0 aliphatic heterocycles. The topological polar surface area (TPSA) is 67.4 Å². The zero-order valence-corrected chi connectivity index (χ0v) is 10.4. The quantitative estimate of drug-likeness (QED) is 0.718. The van der Waals surface area contributed by atoms with Crippen LogP contribution in [0.1, 0.15) is 46.5 Å². The van der Waals surface area contributed by atoms with Gasteiger partial charge in [0, 0.05) is 5.54 Å². The van der Waals surface area contributed by atoms with E-state index in [1.165, 1.54) is 0 Å². The van der Waals surface area contributed by atoms with E-state index in [0.29, 0.717) is 0 Å². The lowest BCUT2D eigenvalue weighted by Gasteiger charge is -2.21. The second kappa shape index (κ2) is 4.78. The Morgan fingerprint density at radius 2 is 1.73 bits per heavy atom. The molecular weight excluding hydrogens is 216 g/mol. The largest absolute Gasteiger partial charge is 0.299 e. The van der Waals surface area contributed by atoms with E-state index in [-0.39, 0.29) is 6.10 Å². The maximum Gasteiger partial charge on any atom is 0.299 e. The van der Waals surface area contributed by atoms with Crippen molar-refractivity contribution in [2.45, 2.75) is 58.1 Å². The van der Waals surface area contributed by atoms with Crippen molar-refractivity contribution in [3.63, 3.8) is 0 Å². The Kier molecular flexibility index (Phi) is 4.11. The molecule has 90 valence electrons. The van der Waals surface area contributed by atoms with Gasteiger partial charge in [0.15, 0.2) is 0 Å². The van der Waals surface area contributed by atoms with Crippen LogP contribution in [0.15, 0.2) is 0 Å². The third kappa shape index (κ3) is 5.46. The van der Waals surface area contributed by atoms with Crippen molar-refractivity contribution in [2.24, 2.45) is 0 Å². The molecule has 1 saturated carbocycles. The predicted molar refractivity (Wildman–Crippen MR) is 58.3 cm³/mol. The van der Waals surface area contributed by atoms with Gasteiger partial charge in [-0.05, 0) is 33.6 Å². The van der Waals surface area contributed by atoms with Crippen LogP contribution in [0.25, 0.3) is 0 Å². The molecule has 15 heavy (non-hydrogen) atoms. The fourth-order valence-electron chi connectivity index (χ4n) is 1.56. The van der Waals surface area contributed by atoms with E-state index in [1.807, 2.05) is 0 Å². The summed E-state index contributed by atoms with van der Waals surface area (Å²) in [5.41, 5.74) is -0.495. The van der Waals surface area contributed by atoms with E-state index in [0.717, 1.165) is 25.7 Å². The first-order chi connectivity index (χ1) is 6.79. The summed E-state index contributed by atoms with van der Waals surface area (Å²) in [4.78, 5) is 7.23. The Hall–Kier alpha value is -0.170. The first-order valence-corrected chi connectivity index (χ1v) is 6.73. The summed E-state index contributed by atoms with van der Waals surface area (Å²) < 4.78 is 25.4. The Bertz CT molecular complexity index is 289. The van der Waals surface area contributed by atoms with Gasteiger partial charge in [0.1, 0.15) is 0 Å². The first-order valence-electron chi connectivity index (χ1n) is 5.25. The third-order valence-corrected chi connectivity index (χ3v) is 3.26. The van der Waals surface area contributed by atoms with E-state index in [1.54, 1.807) is 20.8 Å². The normalized spacial score (nSPS) is 19.7. The van der Waals surface area contributed by atoms with E-state index in [4.69, 9.17) is 4.84 Å². The van der Waals surface area contributed by atoms with Crippen molar-refractivity contribution in [1.29, 1.82) is 0 Å². The predicted octanol–water partition coefficient (Wildman–Crippen LogP) is 1.08. The van der Waals surface area contributed by atoms with Crippen LogP contribution in [0.5, 0.6) is 0 Å². The van der Waals surface area contributed by atoms with Crippen molar-refractivity contribution >= 4 is 10.2 Å². The number of hydrogen-bond donors (Lipinski definition) is 2. The van der Waals surface area contributed by atoms with Gasteiger partial charge in [0.25, 0.3) is 10.2 Å². The lowest BCUT2D eigenvalue weighted by atomic mass is 10.1. The highest BCUT2D eigenvalue weighted by Gasteiger charge is 2.22. The number of nitrogens with one attached hydrogen (secondary N) is 2. The highest BCUT2D eigenvalue weighted by molar-refractivity contribution is 7.87. The van der Waals surface area contributed by atoms with Crippen molar-refractivity contribution in [2.75, 3.05) is 0 Å². The van der Waals surface area contributed by atoms with Crippen molar-refractivity contribution in [3.8, 4) is 0 Å². The van der Waals surface area contributed by atoms with E-state index < -0.39 is 15.7 Å². The van der Waals surface area contributed by atoms with Gasteiger partial charge in [-0.3, -0.25) is 4.84 Å². The summed E-state index contributed by atoms with van der Waals surface area (Å²) in [5, 5.41) is 0. The average molecular weight is 236 g/mol. The van der Waals surface area contributed by atoms with Crippen molar-refractivity contribution in [1.82, 2.24) is 9.61 Å². The van der Waals surface area contributed by atoms with E-state index in [9.17, 15) is 8.42 Å². The van der Waals surface area contributed by atoms with Crippen LogP contribution >= 0.6 is 0 Å². The summed E-state index contributed by atoms with van der Waals surface area (Å²) in [7, 11) is -3.55. The molecule has 0 unspecified atom stereocenters. The van der Waals surface area contributed by atoms with Crippen LogP contribution in [0.2, 0.25) is 0 Å². The van der Waals surface area contributed by atoms with Gasteiger partial charge in [0.05, 0.1) is 6.10 Å². The lowest BCUT2D eigenvalue weighted by molar-refractivity contribution is 0.0212. The summed E-state index contributed by atoms with van der Waals surface area (Å²) in [6, 6.07) is 0. The number of hydrogen-bond acceptors (Lipinski definition) is 3. The molecular formula is C9H20N2O3S. The molecule has 0 aromatic rings. The fraction of sp³-hybridized carbons (Fsp3) is 1.00. The molecule has 0 bridgehead atoms. The second-order valence-electron chi connectivity index (χ2n) is 4.96. The van der Waals surface area contributed by atoms with Gasteiger partial charge in [-0.2, -0.15) is 13.1 Å². The molecule has 5 nitrogen and oxygen atoms in total. The molecule has 0 aromatic heterocycles. The maximum absolute atomic E-state index is 11.5. The lowest BCUT2D eigenvalue weighted by Crippen LogP contribution is -2.47. The Labute approximate surface area is 91.7 Å². The molecule has 0 aromatic carbocycles. The van der Waals surface area contributed by atoms with Crippen LogP contribution in [0, 0.1) is 0 Å². The standard InChI is InChI=1S/C9H20N2O3S/c1-9(2,3)10-15(12,13)11-14-8-6-4-5-7-8/h8,10-11H,4-7H2,1-3H3. The monoisotopic (exact) mass is 236 g/mol. The van der Waals surface area contributed by atoms with E-state index in [2.05, 4.69) is 9.61 Å². The zero-order valence-electron chi connectivity index (χ0n) is 9.54. The third-order valence-electron chi connectivity index (χ3n) is 2.07. The Balaban J connectivity index is 2.36. The first kappa shape index (κ1) is 12.9. The van der Waals surface area contributed by atoms with Crippen LogP contribution in [0.4, 0.5) is 0 Å². The molecule has 1 fully saturated rings. The van der Waals surface area contributed by atoms with Gasteiger partial charge in [-0.25, -0.2) is 0 Å². The Morgan fingerprint density at radius 1 is 1.20 bits per heavy atom. The summed E-state index contributed by atoms with van der Waals surface area (Å²) in [6.45, 7) is 5.34. The molecule has 1 rings (SSSR count). The fourth-order valence-corrected chi connectivity index (χ4v) is 2.67. The summed E-state index contributed by atoms with van der Waals surface area (Å²) in [6.07, 6.45) is 4.11. The molecule has 2 N–H and O–H groups in total. The Morgan fingerprint density at radius 3 is 2.20 bits per heavy atom. The zero-order chi connectivity index (χ0) is 11.5. The molecule has 0 amide bonds. The van der Waals surface area contributed by atoms with E-state index >= 15 is 0 Å². The van der Waals surface area contributed by atoms with Gasteiger partial charge in [-0.15, -0.1) is 0 Å². The second-order valence-corrected chi connectivity index (χ2v) is 6.34. The molecule has 0 saturated heterocycles. The molecule has 0 radical (unpaired) electrons. The molecule has 6 heteroatoms. The SMILES string of the molecule is CC(C)(C)NS(=O)(=O)NOC1CCCC1. The summed E-state index contributed by atoms with van der Waals surface area (Å²) >= 11 is 0. The van der Waals surface area contributed by atoms with Gasteiger partial charge >= 0.3 is 0 Å². The van der Waals surface area contributed by atoms with Gasteiger partial charge in [0.2, 0.25) is 0 Å². The van der Waals surface area contributed by atoms with Crippen LogP contribution in [-0.2, 0) is 15.0 Å². The minimum Gasteiger partial charge on any atom is -0.283 e. The molecule has 0 atom stereocenters. The van der Waals surface area contributed by atoms with Gasteiger partial charge < -0.3 is 0 Å².